The summed E-state index contributed by atoms with van der Waals surface area (Å²) in [4.78, 5) is 13.6. The quantitative estimate of drug-likeness (QED) is 0.243. The maximum absolute atomic E-state index is 12.2. The van der Waals surface area contributed by atoms with Gasteiger partial charge in [0, 0.05) is 14.1 Å². The monoisotopic (exact) mass is 474 g/mol. The average Bonchev–Trinajstić information content (AvgIpc) is 2.76. The fourth-order valence-corrected chi connectivity index (χ4v) is 3.89. The molecule has 0 spiro atoms. The van der Waals surface area contributed by atoms with Crippen LogP contribution in [0.15, 0.2) is 77.3 Å². The summed E-state index contributed by atoms with van der Waals surface area (Å²) in [6.07, 6.45) is 3.98. The number of allylic oxidation sites excluding steroid dienone is 1. The van der Waals surface area contributed by atoms with E-state index < -0.39 is 0 Å². The number of carbonyl (C=O) groups excluding carboxylic acids is 1. The van der Waals surface area contributed by atoms with E-state index in [1.54, 1.807) is 26.2 Å². The molecule has 3 aromatic rings. The largest absolute Gasteiger partial charge is 0.487 e. The molecule has 5 heteroatoms. The second-order valence-electron chi connectivity index (χ2n) is 7.32. The van der Waals surface area contributed by atoms with Crippen molar-refractivity contribution in [1.82, 2.24) is 4.90 Å². The number of ether oxygens (including phenoxy) is 1. The first-order valence-electron chi connectivity index (χ1n) is 9.80. The summed E-state index contributed by atoms with van der Waals surface area (Å²) in [6.45, 7) is 4.26. The Kier molecular flexibility index (Phi) is 7.28. The first-order valence-corrected chi connectivity index (χ1v) is 10.6. The van der Waals surface area contributed by atoms with Gasteiger partial charge in [-0.05, 0) is 74.1 Å². The van der Waals surface area contributed by atoms with Gasteiger partial charge in [0.05, 0.1) is 4.47 Å². The molecule has 3 rings (SSSR count). The van der Waals surface area contributed by atoms with E-state index in [1.807, 2.05) is 30.3 Å². The summed E-state index contributed by atoms with van der Waals surface area (Å²) in [6, 6.07) is 20.2. The summed E-state index contributed by atoms with van der Waals surface area (Å²) in [5, 5.41) is 11.7. The van der Waals surface area contributed by atoms with Crippen LogP contribution in [0.2, 0.25) is 0 Å². The van der Waals surface area contributed by atoms with Crippen LogP contribution in [0, 0.1) is 11.3 Å². The molecule has 0 unspecified atom stereocenters. The molecule has 4 nitrogen and oxygen atoms in total. The fraction of sp³-hybridized carbons (Fsp3) is 0.154. The Morgan fingerprint density at radius 2 is 1.90 bits per heavy atom. The van der Waals surface area contributed by atoms with Crippen molar-refractivity contribution in [2.24, 2.45) is 0 Å². The molecular formula is C26H23BrN2O2. The average molecular weight is 475 g/mol. The molecule has 0 bridgehead atoms. The normalized spacial score (nSPS) is 11.1. The molecule has 0 aromatic heterocycles. The summed E-state index contributed by atoms with van der Waals surface area (Å²) in [5.74, 6) is 0.392. The van der Waals surface area contributed by atoms with Crippen LogP contribution in [-0.2, 0) is 17.8 Å². The summed E-state index contributed by atoms with van der Waals surface area (Å²) in [7, 11) is 3.24. The van der Waals surface area contributed by atoms with E-state index in [1.165, 1.54) is 15.7 Å². The summed E-state index contributed by atoms with van der Waals surface area (Å²) < 4.78 is 6.93. The minimum Gasteiger partial charge on any atom is -0.487 e. The Labute approximate surface area is 191 Å². The standard InChI is InChI=1S/C26H23BrN2O2/c1-4-7-22-13-19(14-23(16-28)26(30)29(2)3)15-24(27)25(22)31-17-18-10-11-20-8-5-6-9-21(20)12-18/h4-6,8-15H,1,7,17H2,2-3H3/b23-14-. The van der Waals surface area contributed by atoms with Gasteiger partial charge in [0.1, 0.15) is 24.0 Å². The first-order chi connectivity index (χ1) is 14.9. The Morgan fingerprint density at radius 3 is 2.58 bits per heavy atom. The number of rotatable bonds is 7. The molecule has 1 amide bonds. The van der Waals surface area contributed by atoms with Gasteiger partial charge in [-0.25, -0.2) is 0 Å². The van der Waals surface area contributed by atoms with Crippen molar-refractivity contribution in [1.29, 1.82) is 5.26 Å². The molecule has 0 aliphatic rings. The molecule has 0 aliphatic heterocycles. The lowest BCUT2D eigenvalue weighted by atomic mass is 10.0. The lowest BCUT2D eigenvalue weighted by Crippen LogP contribution is -2.22. The number of nitrogens with zero attached hydrogens (tertiary/aromatic N) is 2. The van der Waals surface area contributed by atoms with Gasteiger partial charge >= 0.3 is 0 Å². The van der Waals surface area contributed by atoms with Crippen LogP contribution < -0.4 is 4.74 Å². The van der Waals surface area contributed by atoms with Crippen LogP contribution in [0.5, 0.6) is 5.75 Å². The molecule has 0 radical (unpaired) electrons. The van der Waals surface area contributed by atoms with Crippen LogP contribution in [0.25, 0.3) is 16.8 Å². The number of amides is 1. The van der Waals surface area contributed by atoms with E-state index >= 15 is 0 Å². The Hall–Kier alpha value is -3.36. The zero-order valence-corrected chi connectivity index (χ0v) is 19.1. The van der Waals surface area contributed by atoms with Crippen molar-refractivity contribution in [3.05, 3.63) is 94.0 Å². The van der Waals surface area contributed by atoms with E-state index in [0.29, 0.717) is 13.0 Å². The highest BCUT2D eigenvalue weighted by molar-refractivity contribution is 9.10. The minimum atomic E-state index is -0.333. The summed E-state index contributed by atoms with van der Waals surface area (Å²) >= 11 is 3.59. The van der Waals surface area contributed by atoms with Gasteiger partial charge in [-0.15, -0.1) is 6.58 Å². The molecule has 0 fully saturated rings. The van der Waals surface area contributed by atoms with Gasteiger partial charge in [0.2, 0.25) is 0 Å². The van der Waals surface area contributed by atoms with E-state index in [9.17, 15) is 10.1 Å². The van der Waals surface area contributed by atoms with Gasteiger partial charge in [-0.2, -0.15) is 5.26 Å². The van der Waals surface area contributed by atoms with Crippen LogP contribution in [0.4, 0.5) is 0 Å². The van der Waals surface area contributed by atoms with Gasteiger partial charge in [0.25, 0.3) is 5.91 Å². The molecular weight excluding hydrogens is 452 g/mol. The SMILES string of the molecule is C=CCc1cc(/C=C(/C#N)C(=O)N(C)C)cc(Br)c1OCc1ccc2ccccc2c1. The summed E-state index contributed by atoms with van der Waals surface area (Å²) in [5.41, 5.74) is 2.81. The highest BCUT2D eigenvalue weighted by Gasteiger charge is 2.14. The van der Waals surface area contributed by atoms with Gasteiger partial charge in [-0.1, -0.05) is 42.5 Å². The number of hydrogen-bond acceptors (Lipinski definition) is 3. The van der Waals surface area contributed by atoms with Crippen molar-refractivity contribution >= 4 is 38.7 Å². The molecule has 0 N–H and O–H groups in total. The Balaban J connectivity index is 1.90. The van der Waals surface area contributed by atoms with Crippen LogP contribution in [0.3, 0.4) is 0 Å². The maximum atomic E-state index is 12.2. The maximum Gasteiger partial charge on any atom is 0.264 e. The number of nitriles is 1. The third kappa shape index (κ3) is 5.42. The Bertz CT molecular complexity index is 1210. The van der Waals surface area contributed by atoms with Crippen molar-refractivity contribution in [3.8, 4) is 11.8 Å². The molecule has 0 heterocycles. The minimum absolute atomic E-state index is 0.0753. The topological polar surface area (TPSA) is 53.3 Å². The van der Waals surface area contributed by atoms with Gasteiger partial charge in [-0.3, -0.25) is 4.79 Å². The van der Waals surface area contributed by atoms with E-state index in [-0.39, 0.29) is 11.5 Å². The van der Waals surface area contributed by atoms with E-state index in [4.69, 9.17) is 4.74 Å². The molecule has 3 aromatic carbocycles. The highest BCUT2D eigenvalue weighted by Crippen LogP contribution is 2.33. The van der Waals surface area contributed by atoms with Crippen LogP contribution in [-0.4, -0.2) is 24.9 Å². The fourth-order valence-electron chi connectivity index (χ4n) is 3.26. The number of carbonyl (C=O) groups is 1. The number of halogens is 1. The number of likely N-dealkylation sites (N-methyl/N-ethyl adjacent to an activating group) is 1. The zero-order valence-electron chi connectivity index (χ0n) is 17.6. The Morgan fingerprint density at radius 1 is 1.16 bits per heavy atom. The molecule has 0 saturated heterocycles. The number of benzene rings is 3. The predicted octanol–water partition coefficient (Wildman–Crippen LogP) is 5.90. The zero-order chi connectivity index (χ0) is 22.4. The van der Waals surface area contributed by atoms with E-state index in [0.717, 1.165) is 26.9 Å². The van der Waals surface area contributed by atoms with Crippen LogP contribution >= 0.6 is 15.9 Å². The predicted molar refractivity (Wildman–Crippen MR) is 129 cm³/mol. The molecule has 156 valence electrons. The number of hydrogen-bond donors (Lipinski definition) is 0. The van der Waals surface area contributed by atoms with Crippen molar-refractivity contribution in [2.45, 2.75) is 13.0 Å². The number of fused-ring (bicyclic) bond motifs is 1. The third-order valence-corrected chi connectivity index (χ3v) is 5.36. The lowest BCUT2D eigenvalue weighted by molar-refractivity contribution is -0.124. The van der Waals surface area contributed by atoms with Crippen molar-refractivity contribution < 1.29 is 9.53 Å². The second kappa shape index (κ2) is 10.1. The lowest BCUT2D eigenvalue weighted by Gasteiger charge is -2.15. The second-order valence-corrected chi connectivity index (χ2v) is 8.18. The molecule has 0 saturated carbocycles. The first kappa shape index (κ1) is 22.3. The molecule has 0 aliphatic carbocycles. The molecule has 0 atom stereocenters. The van der Waals surface area contributed by atoms with Gasteiger partial charge in [0.15, 0.2) is 0 Å². The van der Waals surface area contributed by atoms with E-state index in [2.05, 4.69) is 52.8 Å². The van der Waals surface area contributed by atoms with Crippen LogP contribution in [0.1, 0.15) is 16.7 Å². The van der Waals surface area contributed by atoms with Gasteiger partial charge < -0.3 is 9.64 Å². The van der Waals surface area contributed by atoms with Crippen molar-refractivity contribution in [3.63, 3.8) is 0 Å². The van der Waals surface area contributed by atoms with Crippen molar-refractivity contribution in [2.75, 3.05) is 14.1 Å². The molecule has 31 heavy (non-hydrogen) atoms. The third-order valence-electron chi connectivity index (χ3n) is 4.77. The highest BCUT2D eigenvalue weighted by atomic mass is 79.9. The smallest absolute Gasteiger partial charge is 0.264 e.